The lowest BCUT2D eigenvalue weighted by molar-refractivity contribution is 0.0719. The molecule has 3 nitrogen and oxygen atoms in total. The number of amides is 1. The SMILES string of the molecule is CC1CC(C)N2C(=O)c3ccccc3N=C[C@H]12. The quantitative estimate of drug-likeness (QED) is 0.672. The molecule has 17 heavy (non-hydrogen) atoms. The average Bonchev–Trinajstić information content (AvgIpc) is 2.51. The minimum absolute atomic E-state index is 0.125. The summed E-state index contributed by atoms with van der Waals surface area (Å²) >= 11 is 0. The lowest BCUT2D eigenvalue weighted by Gasteiger charge is -2.26. The van der Waals surface area contributed by atoms with Gasteiger partial charge < -0.3 is 4.90 Å². The van der Waals surface area contributed by atoms with Crippen molar-refractivity contribution in [3.05, 3.63) is 29.8 Å². The maximum atomic E-state index is 12.5. The number of hydrogen-bond acceptors (Lipinski definition) is 2. The van der Waals surface area contributed by atoms with Gasteiger partial charge in [-0.25, -0.2) is 0 Å². The molecule has 0 saturated carbocycles. The summed E-state index contributed by atoms with van der Waals surface area (Å²) in [6.45, 7) is 4.31. The lowest BCUT2D eigenvalue weighted by Crippen LogP contribution is -2.41. The van der Waals surface area contributed by atoms with Crippen molar-refractivity contribution >= 4 is 17.8 Å². The van der Waals surface area contributed by atoms with Gasteiger partial charge in [0, 0.05) is 12.3 Å². The van der Waals surface area contributed by atoms with E-state index in [4.69, 9.17) is 0 Å². The molecule has 3 rings (SSSR count). The highest BCUT2D eigenvalue weighted by Crippen LogP contribution is 2.34. The molecule has 3 heteroatoms. The van der Waals surface area contributed by atoms with Crippen LogP contribution < -0.4 is 0 Å². The summed E-state index contributed by atoms with van der Waals surface area (Å²) in [5, 5.41) is 0. The van der Waals surface area contributed by atoms with E-state index in [2.05, 4.69) is 18.8 Å². The Kier molecular flexibility index (Phi) is 2.28. The van der Waals surface area contributed by atoms with Crippen molar-refractivity contribution in [3.63, 3.8) is 0 Å². The van der Waals surface area contributed by atoms with E-state index in [9.17, 15) is 4.79 Å². The Morgan fingerprint density at radius 1 is 1.29 bits per heavy atom. The van der Waals surface area contributed by atoms with Gasteiger partial charge in [-0.2, -0.15) is 0 Å². The molecular weight excluding hydrogens is 212 g/mol. The van der Waals surface area contributed by atoms with E-state index in [0.29, 0.717) is 12.0 Å². The van der Waals surface area contributed by atoms with Crippen molar-refractivity contribution in [1.82, 2.24) is 4.90 Å². The topological polar surface area (TPSA) is 32.7 Å². The fourth-order valence-electron chi connectivity index (χ4n) is 2.98. The third kappa shape index (κ3) is 1.49. The lowest BCUT2D eigenvalue weighted by atomic mass is 10.0. The minimum Gasteiger partial charge on any atom is -0.328 e. The van der Waals surface area contributed by atoms with Gasteiger partial charge in [0.25, 0.3) is 5.91 Å². The van der Waals surface area contributed by atoms with Gasteiger partial charge in [0.1, 0.15) is 0 Å². The third-order valence-corrected chi connectivity index (χ3v) is 3.83. The molecular formula is C14H16N2O. The number of rotatable bonds is 0. The van der Waals surface area contributed by atoms with Crippen molar-refractivity contribution in [3.8, 4) is 0 Å². The Morgan fingerprint density at radius 2 is 2.06 bits per heavy atom. The van der Waals surface area contributed by atoms with Crippen LogP contribution in [0.4, 0.5) is 5.69 Å². The predicted octanol–water partition coefficient (Wildman–Crippen LogP) is 2.64. The van der Waals surface area contributed by atoms with Crippen LogP contribution in [0.25, 0.3) is 0 Å². The Labute approximate surface area is 101 Å². The molecule has 2 unspecified atom stereocenters. The standard InChI is InChI=1S/C14H16N2O/c1-9-7-10(2)16-13(9)8-15-12-6-4-3-5-11(12)14(16)17/h3-6,8-10,13H,7H2,1-2H3/t9?,10?,13-/m1/s1. The zero-order valence-corrected chi connectivity index (χ0v) is 10.1. The molecule has 0 N–H and O–H groups in total. The predicted molar refractivity (Wildman–Crippen MR) is 67.8 cm³/mol. The molecule has 1 fully saturated rings. The van der Waals surface area contributed by atoms with Gasteiger partial charge in [0.05, 0.1) is 17.3 Å². The van der Waals surface area contributed by atoms with Gasteiger partial charge in [-0.05, 0) is 31.4 Å². The van der Waals surface area contributed by atoms with E-state index in [1.165, 1.54) is 0 Å². The first-order valence-electron chi connectivity index (χ1n) is 6.14. The Hall–Kier alpha value is -1.64. The van der Waals surface area contributed by atoms with Crippen LogP contribution in [0.5, 0.6) is 0 Å². The summed E-state index contributed by atoms with van der Waals surface area (Å²) in [5.41, 5.74) is 1.53. The van der Waals surface area contributed by atoms with Gasteiger partial charge in [-0.3, -0.25) is 9.79 Å². The first kappa shape index (κ1) is 10.5. The molecule has 2 heterocycles. The highest BCUT2D eigenvalue weighted by atomic mass is 16.2. The molecule has 0 spiro atoms. The van der Waals surface area contributed by atoms with Gasteiger partial charge in [-0.1, -0.05) is 19.1 Å². The van der Waals surface area contributed by atoms with Gasteiger partial charge >= 0.3 is 0 Å². The van der Waals surface area contributed by atoms with Crippen molar-refractivity contribution in [2.24, 2.45) is 10.9 Å². The van der Waals surface area contributed by atoms with E-state index < -0.39 is 0 Å². The summed E-state index contributed by atoms with van der Waals surface area (Å²) in [4.78, 5) is 19.0. The molecule has 2 aliphatic heterocycles. The monoisotopic (exact) mass is 228 g/mol. The van der Waals surface area contributed by atoms with Crippen molar-refractivity contribution < 1.29 is 4.79 Å². The number of aliphatic imine (C=N–C) groups is 1. The fourth-order valence-corrected chi connectivity index (χ4v) is 2.98. The van der Waals surface area contributed by atoms with Crippen LogP contribution in [-0.4, -0.2) is 29.1 Å². The average molecular weight is 228 g/mol. The second-order valence-electron chi connectivity index (χ2n) is 5.06. The van der Waals surface area contributed by atoms with E-state index in [-0.39, 0.29) is 11.9 Å². The number of carbonyl (C=O) groups excluding carboxylic acids is 1. The summed E-state index contributed by atoms with van der Waals surface area (Å²) in [6, 6.07) is 8.06. The van der Waals surface area contributed by atoms with Crippen LogP contribution in [-0.2, 0) is 0 Å². The first-order valence-corrected chi connectivity index (χ1v) is 6.14. The highest BCUT2D eigenvalue weighted by Gasteiger charge is 2.40. The molecule has 0 bridgehead atoms. The number of benzene rings is 1. The van der Waals surface area contributed by atoms with Crippen molar-refractivity contribution in [2.75, 3.05) is 0 Å². The van der Waals surface area contributed by atoms with Crippen LogP contribution >= 0.6 is 0 Å². The fraction of sp³-hybridized carbons (Fsp3) is 0.429. The molecule has 2 aliphatic rings. The normalized spacial score (nSPS) is 31.1. The Morgan fingerprint density at radius 3 is 2.88 bits per heavy atom. The maximum absolute atomic E-state index is 12.5. The minimum atomic E-state index is 0.125. The molecule has 0 aromatic heterocycles. The molecule has 1 aromatic carbocycles. The molecule has 1 amide bonds. The van der Waals surface area contributed by atoms with E-state index in [1.807, 2.05) is 35.4 Å². The number of para-hydroxylation sites is 1. The molecule has 1 saturated heterocycles. The van der Waals surface area contributed by atoms with Gasteiger partial charge in [-0.15, -0.1) is 0 Å². The highest BCUT2D eigenvalue weighted by molar-refractivity contribution is 6.02. The van der Waals surface area contributed by atoms with Crippen molar-refractivity contribution in [2.45, 2.75) is 32.4 Å². The third-order valence-electron chi connectivity index (χ3n) is 3.83. The molecule has 1 aromatic rings. The summed E-state index contributed by atoms with van der Waals surface area (Å²) in [5.74, 6) is 0.618. The number of hydrogen-bond donors (Lipinski definition) is 0. The smallest absolute Gasteiger partial charge is 0.256 e. The Balaban J connectivity index is 2.11. The summed E-state index contributed by atoms with van der Waals surface area (Å²) < 4.78 is 0. The molecule has 88 valence electrons. The van der Waals surface area contributed by atoms with Crippen LogP contribution in [0, 0.1) is 5.92 Å². The number of nitrogens with zero attached hydrogens (tertiary/aromatic N) is 2. The van der Waals surface area contributed by atoms with E-state index in [0.717, 1.165) is 17.7 Å². The first-order chi connectivity index (χ1) is 8.18. The Bertz CT molecular complexity index is 495. The van der Waals surface area contributed by atoms with Gasteiger partial charge in [0.2, 0.25) is 0 Å². The number of fused-ring (bicyclic) bond motifs is 2. The van der Waals surface area contributed by atoms with Crippen molar-refractivity contribution in [1.29, 1.82) is 0 Å². The zero-order chi connectivity index (χ0) is 12.0. The maximum Gasteiger partial charge on any atom is 0.256 e. The second kappa shape index (κ2) is 3.69. The zero-order valence-electron chi connectivity index (χ0n) is 10.1. The van der Waals surface area contributed by atoms with Crippen LogP contribution in [0.1, 0.15) is 30.6 Å². The number of carbonyl (C=O) groups is 1. The molecule has 0 radical (unpaired) electrons. The van der Waals surface area contributed by atoms with Crippen LogP contribution in [0.3, 0.4) is 0 Å². The van der Waals surface area contributed by atoms with Crippen LogP contribution in [0.2, 0.25) is 0 Å². The summed E-state index contributed by atoms with van der Waals surface area (Å²) in [6.07, 6.45) is 3.00. The van der Waals surface area contributed by atoms with Crippen LogP contribution in [0.15, 0.2) is 29.3 Å². The van der Waals surface area contributed by atoms with E-state index in [1.54, 1.807) is 0 Å². The largest absolute Gasteiger partial charge is 0.328 e. The summed E-state index contributed by atoms with van der Waals surface area (Å²) in [7, 11) is 0. The van der Waals surface area contributed by atoms with E-state index >= 15 is 0 Å². The van der Waals surface area contributed by atoms with Gasteiger partial charge in [0.15, 0.2) is 0 Å². The second-order valence-corrected chi connectivity index (χ2v) is 5.06. The molecule has 3 atom stereocenters. The molecule has 0 aliphatic carbocycles.